The number of hydrogen-bond acceptors (Lipinski definition) is 4. The van der Waals surface area contributed by atoms with Crippen LogP contribution in [0.3, 0.4) is 0 Å². The van der Waals surface area contributed by atoms with Crippen molar-refractivity contribution in [1.82, 2.24) is 0 Å². The molecule has 0 aromatic heterocycles. The molecule has 4 heteroatoms. The lowest BCUT2D eigenvalue weighted by Gasteiger charge is -2.34. The third-order valence-corrected chi connectivity index (χ3v) is 3.21. The molecule has 0 unspecified atom stereocenters. The van der Waals surface area contributed by atoms with Crippen LogP contribution in [0, 0.1) is 0 Å². The van der Waals surface area contributed by atoms with E-state index in [1.54, 1.807) is 14.2 Å². The lowest BCUT2D eigenvalue weighted by molar-refractivity contribution is -0.0825. The van der Waals surface area contributed by atoms with Crippen LogP contribution in [-0.2, 0) is 4.74 Å². The number of rotatable bonds is 2. The van der Waals surface area contributed by atoms with Crippen LogP contribution in [0.1, 0.15) is 37.2 Å². The van der Waals surface area contributed by atoms with Crippen molar-refractivity contribution >= 4 is 0 Å². The van der Waals surface area contributed by atoms with E-state index in [0.717, 1.165) is 16.9 Å². The average Bonchev–Trinajstić information content (AvgIpc) is 2.34. The van der Waals surface area contributed by atoms with Crippen molar-refractivity contribution in [2.75, 3.05) is 14.2 Å². The van der Waals surface area contributed by atoms with E-state index in [1.165, 1.54) is 0 Å². The summed E-state index contributed by atoms with van der Waals surface area (Å²) in [4.78, 5) is 0. The van der Waals surface area contributed by atoms with E-state index < -0.39 is 6.10 Å². The highest BCUT2D eigenvalue weighted by molar-refractivity contribution is 5.52. The van der Waals surface area contributed by atoms with Crippen LogP contribution in [-0.4, -0.2) is 25.4 Å². The molecule has 94 valence electrons. The SMILES string of the molecule is COc1ccc(OC)c2c1[C@@H](C)O[C@@H](C)[C@H]2O. The number of fused-ring (bicyclic) bond motifs is 1. The summed E-state index contributed by atoms with van der Waals surface area (Å²) in [6.45, 7) is 3.80. The first-order valence-electron chi connectivity index (χ1n) is 5.68. The molecular weight excluding hydrogens is 220 g/mol. The van der Waals surface area contributed by atoms with E-state index in [2.05, 4.69) is 0 Å². The van der Waals surface area contributed by atoms with Crippen LogP contribution in [0.15, 0.2) is 12.1 Å². The maximum Gasteiger partial charge on any atom is 0.125 e. The molecule has 1 aromatic carbocycles. The predicted octanol–water partition coefficient (Wildman–Crippen LogP) is 2.22. The quantitative estimate of drug-likeness (QED) is 0.858. The molecule has 1 N–H and O–H groups in total. The van der Waals surface area contributed by atoms with Crippen LogP contribution >= 0.6 is 0 Å². The molecule has 0 saturated heterocycles. The predicted molar refractivity (Wildman–Crippen MR) is 63.5 cm³/mol. The van der Waals surface area contributed by atoms with E-state index in [4.69, 9.17) is 14.2 Å². The van der Waals surface area contributed by atoms with Crippen molar-refractivity contribution < 1.29 is 19.3 Å². The second-order valence-corrected chi connectivity index (χ2v) is 4.23. The molecule has 4 nitrogen and oxygen atoms in total. The molecule has 0 aliphatic carbocycles. The molecule has 0 bridgehead atoms. The van der Waals surface area contributed by atoms with Crippen LogP contribution in [0.2, 0.25) is 0 Å². The van der Waals surface area contributed by atoms with E-state index >= 15 is 0 Å². The Bertz CT molecular complexity index is 416. The summed E-state index contributed by atoms with van der Waals surface area (Å²) in [6.07, 6.45) is -1.06. The van der Waals surface area contributed by atoms with Gasteiger partial charge in [-0.1, -0.05) is 0 Å². The maximum absolute atomic E-state index is 10.2. The highest BCUT2D eigenvalue weighted by Gasteiger charge is 2.34. The number of benzene rings is 1. The van der Waals surface area contributed by atoms with Crippen molar-refractivity contribution in [3.63, 3.8) is 0 Å². The number of aliphatic hydroxyl groups is 1. The van der Waals surface area contributed by atoms with Crippen molar-refractivity contribution in [2.24, 2.45) is 0 Å². The molecule has 0 spiro atoms. The first-order valence-corrected chi connectivity index (χ1v) is 5.68. The van der Waals surface area contributed by atoms with Gasteiger partial charge in [-0.25, -0.2) is 0 Å². The molecule has 17 heavy (non-hydrogen) atoms. The fourth-order valence-corrected chi connectivity index (χ4v) is 2.38. The number of ether oxygens (including phenoxy) is 3. The van der Waals surface area contributed by atoms with Gasteiger partial charge >= 0.3 is 0 Å². The maximum atomic E-state index is 10.2. The van der Waals surface area contributed by atoms with Gasteiger partial charge in [0.05, 0.1) is 26.4 Å². The summed E-state index contributed by atoms with van der Waals surface area (Å²) in [6, 6.07) is 3.64. The van der Waals surface area contributed by atoms with Crippen LogP contribution in [0.4, 0.5) is 0 Å². The van der Waals surface area contributed by atoms with Gasteiger partial charge in [-0.05, 0) is 26.0 Å². The van der Waals surface area contributed by atoms with E-state index in [-0.39, 0.29) is 12.2 Å². The Morgan fingerprint density at radius 2 is 1.59 bits per heavy atom. The Morgan fingerprint density at radius 1 is 1.06 bits per heavy atom. The average molecular weight is 238 g/mol. The zero-order chi connectivity index (χ0) is 12.6. The summed E-state index contributed by atoms with van der Waals surface area (Å²) in [5, 5.41) is 10.2. The molecule has 1 heterocycles. The number of hydrogen-bond donors (Lipinski definition) is 1. The van der Waals surface area contributed by atoms with Crippen molar-refractivity contribution in [2.45, 2.75) is 32.2 Å². The Morgan fingerprint density at radius 3 is 2.12 bits per heavy atom. The van der Waals surface area contributed by atoms with Gasteiger partial charge < -0.3 is 19.3 Å². The fraction of sp³-hybridized carbons (Fsp3) is 0.538. The summed E-state index contributed by atoms with van der Waals surface area (Å²) in [7, 11) is 3.21. The molecule has 2 rings (SSSR count). The standard InChI is InChI=1S/C13H18O4/c1-7-11-9(15-3)5-6-10(16-4)12(11)13(14)8(2)17-7/h5-8,13-14H,1-4H3/t7-,8+,13-/m1/s1. The van der Waals surface area contributed by atoms with E-state index in [9.17, 15) is 5.11 Å². The van der Waals surface area contributed by atoms with Gasteiger partial charge in [-0.3, -0.25) is 0 Å². The molecule has 0 amide bonds. The fourth-order valence-electron chi connectivity index (χ4n) is 2.38. The Hall–Kier alpha value is -1.26. The van der Waals surface area contributed by atoms with Crippen LogP contribution < -0.4 is 9.47 Å². The lowest BCUT2D eigenvalue weighted by Crippen LogP contribution is -2.28. The highest BCUT2D eigenvalue weighted by atomic mass is 16.5. The Balaban J connectivity index is 2.64. The Kier molecular flexibility index (Phi) is 3.26. The second-order valence-electron chi connectivity index (χ2n) is 4.23. The van der Waals surface area contributed by atoms with Gasteiger partial charge in [0.2, 0.25) is 0 Å². The third-order valence-electron chi connectivity index (χ3n) is 3.21. The Labute approximate surface area is 101 Å². The molecular formula is C13H18O4. The minimum Gasteiger partial charge on any atom is -0.496 e. The molecule has 0 fully saturated rings. The molecule has 1 aliphatic rings. The van der Waals surface area contributed by atoms with Gasteiger partial charge in [0.25, 0.3) is 0 Å². The van der Waals surface area contributed by atoms with Gasteiger partial charge in [0.1, 0.15) is 17.6 Å². The van der Waals surface area contributed by atoms with Gasteiger partial charge in [0.15, 0.2) is 0 Å². The lowest BCUT2D eigenvalue weighted by atomic mass is 9.91. The topological polar surface area (TPSA) is 47.9 Å². The van der Waals surface area contributed by atoms with Crippen molar-refractivity contribution in [3.05, 3.63) is 23.3 Å². The summed E-state index contributed by atoms with van der Waals surface area (Å²) in [5.74, 6) is 1.40. The minimum absolute atomic E-state index is 0.117. The van der Waals surface area contributed by atoms with Crippen molar-refractivity contribution in [1.29, 1.82) is 0 Å². The van der Waals surface area contributed by atoms with Crippen LogP contribution in [0.5, 0.6) is 11.5 Å². The zero-order valence-corrected chi connectivity index (χ0v) is 10.6. The zero-order valence-electron chi connectivity index (χ0n) is 10.6. The second kappa shape index (κ2) is 4.55. The van der Waals surface area contributed by atoms with Gasteiger partial charge in [-0.2, -0.15) is 0 Å². The molecule has 0 saturated carbocycles. The van der Waals surface area contributed by atoms with Crippen molar-refractivity contribution in [3.8, 4) is 11.5 Å². The summed E-state index contributed by atoms with van der Waals surface area (Å²) < 4.78 is 16.3. The molecule has 3 atom stereocenters. The summed E-state index contributed by atoms with van der Waals surface area (Å²) >= 11 is 0. The van der Waals surface area contributed by atoms with Gasteiger partial charge in [-0.15, -0.1) is 0 Å². The smallest absolute Gasteiger partial charge is 0.125 e. The molecule has 1 aliphatic heterocycles. The molecule has 0 radical (unpaired) electrons. The van der Waals surface area contributed by atoms with Crippen LogP contribution in [0.25, 0.3) is 0 Å². The van der Waals surface area contributed by atoms with E-state index in [0.29, 0.717) is 5.75 Å². The first kappa shape index (κ1) is 12.2. The molecule has 1 aromatic rings. The number of methoxy groups -OCH3 is 2. The van der Waals surface area contributed by atoms with Gasteiger partial charge in [0, 0.05) is 11.1 Å². The van der Waals surface area contributed by atoms with E-state index in [1.807, 2.05) is 26.0 Å². The normalized spacial score (nSPS) is 27.5. The number of aliphatic hydroxyl groups excluding tert-OH is 1. The minimum atomic E-state index is -0.689. The summed E-state index contributed by atoms with van der Waals surface area (Å²) in [5.41, 5.74) is 1.65. The first-order chi connectivity index (χ1) is 8.10. The largest absolute Gasteiger partial charge is 0.496 e. The third kappa shape index (κ3) is 1.87. The monoisotopic (exact) mass is 238 g/mol. The highest BCUT2D eigenvalue weighted by Crippen LogP contribution is 2.45.